The second kappa shape index (κ2) is 11.1. The van der Waals surface area contributed by atoms with Crippen molar-refractivity contribution in [3.63, 3.8) is 0 Å². The molecule has 0 spiro atoms. The molecule has 8 heteroatoms. The van der Waals surface area contributed by atoms with E-state index in [0.29, 0.717) is 12.2 Å². The van der Waals surface area contributed by atoms with Crippen LogP contribution in [0.5, 0.6) is 0 Å². The first kappa shape index (κ1) is 22.3. The number of nitrogens with one attached hydrogen (secondary N) is 2. The number of rotatable bonds is 11. The Morgan fingerprint density at radius 1 is 0.967 bits per heavy atom. The van der Waals surface area contributed by atoms with Gasteiger partial charge in [0.25, 0.3) is 0 Å². The Bertz CT molecular complexity index is 1020. The maximum Gasteiger partial charge on any atom is 0.240 e. The zero-order valence-electron chi connectivity index (χ0n) is 16.6. The minimum Gasteiger partial charge on any atom is -0.380 e. The predicted molar refractivity (Wildman–Crippen MR) is 123 cm³/mol. The van der Waals surface area contributed by atoms with Crippen molar-refractivity contribution < 1.29 is 8.42 Å². The summed E-state index contributed by atoms with van der Waals surface area (Å²) in [6.07, 6.45) is 2.59. The van der Waals surface area contributed by atoms with E-state index in [4.69, 9.17) is 5.14 Å². The lowest BCUT2D eigenvalue weighted by Crippen LogP contribution is -2.29. The number of para-hydroxylation sites is 1. The topological polar surface area (TPSA) is 97.1 Å². The molecule has 0 bridgehead atoms. The van der Waals surface area contributed by atoms with E-state index in [0.717, 1.165) is 24.4 Å². The Morgan fingerprint density at radius 2 is 1.70 bits per heavy atom. The van der Waals surface area contributed by atoms with Crippen LogP contribution in [0.3, 0.4) is 0 Å². The Labute approximate surface area is 182 Å². The number of sulfonamides is 1. The maximum absolute atomic E-state index is 11.9. The molecule has 0 amide bonds. The van der Waals surface area contributed by atoms with Crippen molar-refractivity contribution in [1.82, 2.24) is 10.3 Å². The van der Waals surface area contributed by atoms with E-state index in [9.17, 15) is 8.42 Å². The molecule has 0 saturated heterocycles. The number of hydrogen-bond acceptors (Lipinski definition) is 6. The molecule has 158 valence electrons. The average Bonchev–Trinajstić information content (AvgIpc) is 2.76. The SMILES string of the molecule is NS(=O)(=O)c1ccccc1NC(CCNCc1ccccn1)CSc1ccccc1. The van der Waals surface area contributed by atoms with Crippen LogP contribution in [0.15, 0.2) is 88.8 Å². The number of thioether (sulfide) groups is 1. The fraction of sp³-hybridized carbons (Fsp3) is 0.227. The first-order valence-corrected chi connectivity index (χ1v) is 12.2. The van der Waals surface area contributed by atoms with E-state index in [1.165, 1.54) is 11.0 Å². The molecule has 4 N–H and O–H groups in total. The highest BCUT2D eigenvalue weighted by Crippen LogP contribution is 2.24. The third-order valence-corrected chi connectivity index (χ3v) is 6.59. The van der Waals surface area contributed by atoms with Gasteiger partial charge >= 0.3 is 0 Å². The number of nitrogens with two attached hydrogens (primary N) is 1. The average molecular weight is 443 g/mol. The van der Waals surface area contributed by atoms with Crippen LogP contribution in [0, 0.1) is 0 Å². The van der Waals surface area contributed by atoms with Crippen LogP contribution in [-0.4, -0.2) is 31.7 Å². The van der Waals surface area contributed by atoms with Gasteiger partial charge in [0.05, 0.1) is 11.4 Å². The molecular weight excluding hydrogens is 416 g/mol. The fourth-order valence-electron chi connectivity index (χ4n) is 2.96. The molecule has 3 rings (SSSR count). The van der Waals surface area contributed by atoms with Gasteiger partial charge in [0.2, 0.25) is 10.0 Å². The van der Waals surface area contributed by atoms with E-state index >= 15 is 0 Å². The minimum absolute atomic E-state index is 0.0503. The molecule has 6 nitrogen and oxygen atoms in total. The maximum atomic E-state index is 11.9. The lowest BCUT2D eigenvalue weighted by atomic mass is 10.2. The van der Waals surface area contributed by atoms with E-state index in [1.807, 2.05) is 36.4 Å². The number of pyridine rings is 1. The molecule has 2 aromatic carbocycles. The minimum atomic E-state index is -3.80. The summed E-state index contributed by atoms with van der Waals surface area (Å²) in [5.74, 6) is 0.786. The van der Waals surface area contributed by atoms with E-state index in [-0.39, 0.29) is 10.9 Å². The highest BCUT2D eigenvalue weighted by Gasteiger charge is 2.17. The second-order valence-corrected chi connectivity index (χ2v) is 9.42. The zero-order valence-corrected chi connectivity index (χ0v) is 18.2. The largest absolute Gasteiger partial charge is 0.380 e. The predicted octanol–water partition coefficient (Wildman–Crippen LogP) is 3.48. The Kier molecular flexibility index (Phi) is 8.27. The van der Waals surface area contributed by atoms with E-state index in [2.05, 4.69) is 27.8 Å². The van der Waals surface area contributed by atoms with Gasteiger partial charge in [-0.05, 0) is 49.4 Å². The van der Waals surface area contributed by atoms with Gasteiger partial charge in [-0.25, -0.2) is 13.6 Å². The van der Waals surface area contributed by atoms with Crippen LogP contribution >= 0.6 is 11.8 Å². The third kappa shape index (κ3) is 7.14. The van der Waals surface area contributed by atoms with Gasteiger partial charge in [-0.3, -0.25) is 4.98 Å². The highest BCUT2D eigenvalue weighted by atomic mass is 32.2. The first-order chi connectivity index (χ1) is 14.5. The molecule has 1 atom stereocenters. The zero-order chi connectivity index (χ0) is 21.2. The highest BCUT2D eigenvalue weighted by molar-refractivity contribution is 7.99. The summed E-state index contributed by atoms with van der Waals surface area (Å²) in [7, 11) is -3.80. The van der Waals surface area contributed by atoms with Crippen molar-refractivity contribution in [3.05, 3.63) is 84.7 Å². The quantitative estimate of drug-likeness (QED) is 0.311. The van der Waals surface area contributed by atoms with Gasteiger partial charge in [-0.2, -0.15) is 0 Å². The summed E-state index contributed by atoms with van der Waals surface area (Å²) in [5, 5.41) is 12.2. The third-order valence-electron chi connectivity index (χ3n) is 4.45. The Morgan fingerprint density at radius 3 is 2.43 bits per heavy atom. The molecule has 1 aromatic heterocycles. The van der Waals surface area contributed by atoms with Crippen molar-refractivity contribution in [2.75, 3.05) is 17.6 Å². The number of anilines is 1. The molecule has 30 heavy (non-hydrogen) atoms. The summed E-state index contributed by atoms with van der Waals surface area (Å²) in [5.41, 5.74) is 1.52. The molecule has 1 heterocycles. The summed E-state index contributed by atoms with van der Waals surface area (Å²) in [6, 6.07) is 22.8. The lowest BCUT2D eigenvalue weighted by molar-refractivity contribution is 0.595. The molecule has 0 aliphatic heterocycles. The number of nitrogens with zero attached hydrogens (tertiary/aromatic N) is 1. The summed E-state index contributed by atoms with van der Waals surface area (Å²) in [4.78, 5) is 5.60. The molecule has 0 fully saturated rings. The fourth-order valence-corrected chi connectivity index (χ4v) is 4.66. The Hall–Kier alpha value is -2.39. The molecule has 1 unspecified atom stereocenters. The Balaban J connectivity index is 1.64. The van der Waals surface area contributed by atoms with Crippen LogP contribution in [-0.2, 0) is 16.6 Å². The van der Waals surface area contributed by atoms with Gasteiger partial charge in [-0.15, -0.1) is 11.8 Å². The van der Waals surface area contributed by atoms with Crippen molar-refractivity contribution >= 4 is 27.5 Å². The number of benzene rings is 2. The van der Waals surface area contributed by atoms with Crippen molar-refractivity contribution in [1.29, 1.82) is 0 Å². The first-order valence-electron chi connectivity index (χ1n) is 9.69. The van der Waals surface area contributed by atoms with Crippen LogP contribution in [0.25, 0.3) is 0 Å². The molecule has 0 saturated carbocycles. The smallest absolute Gasteiger partial charge is 0.240 e. The molecule has 0 aliphatic rings. The summed E-state index contributed by atoms with van der Waals surface area (Å²) >= 11 is 1.73. The normalized spacial score (nSPS) is 12.4. The van der Waals surface area contributed by atoms with Crippen LogP contribution in [0.4, 0.5) is 5.69 Å². The van der Waals surface area contributed by atoms with Crippen molar-refractivity contribution in [3.8, 4) is 0 Å². The van der Waals surface area contributed by atoms with Gasteiger partial charge < -0.3 is 10.6 Å². The van der Waals surface area contributed by atoms with Gasteiger partial charge in [0.15, 0.2) is 0 Å². The molecule has 0 radical (unpaired) electrons. The van der Waals surface area contributed by atoms with Gasteiger partial charge in [-0.1, -0.05) is 36.4 Å². The van der Waals surface area contributed by atoms with Crippen molar-refractivity contribution in [2.45, 2.75) is 28.8 Å². The number of primary sulfonamides is 1. The molecule has 3 aromatic rings. The molecule has 0 aliphatic carbocycles. The summed E-state index contributed by atoms with van der Waals surface area (Å²) in [6.45, 7) is 1.45. The standard InChI is InChI=1S/C22H26N4O2S2/c23-30(27,28)22-12-5-4-11-21(22)26-19(17-29-20-9-2-1-3-10-20)13-15-24-16-18-8-6-7-14-25-18/h1-12,14,19,24,26H,13,15-17H2,(H2,23,27,28). The number of aromatic nitrogens is 1. The van der Waals surface area contributed by atoms with Crippen molar-refractivity contribution in [2.24, 2.45) is 5.14 Å². The number of hydrogen-bond donors (Lipinski definition) is 3. The van der Waals surface area contributed by atoms with Gasteiger partial charge in [0.1, 0.15) is 4.90 Å². The van der Waals surface area contributed by atoms with E-state index < -0.39 is 10.0 Å². The van der Waals surface area contributed by atoms with Crippen LogP contribution in [0.2, 0.25) is 0 Å². The second-order valence-electron chi connectivity index (χ2n) is 6.79. The monoisotopic (exact) mass is 442 g/mol. The van der Waals surface area contributed by atoms with Crippen LogP contribution < -0.4 is 15.8 Å². The van der Waals surface area contributed by atoms with E-state index in [1.54, 1.807) is 36.2 Å². The summed E-state index contributed by atoms with van der Waals surface area (Å²) < 4.78 is 23.9. The molecular formula is C22H26N4O2S2. The lowest BCUT2D eigenvalue weighted by Gasteiger charge is -2.21. The van der Waals surface area contributed by atoms with Gasteiger partial charge in [0, 0.05) is 29.4 Å². The van der Waals surface area contributed by atoms with Crippen LogP contribution in [0.1, 0.15) is 12.1 Å².